The molecule has 0 saturated carbocycles. The molecule has 0 bridgehead atoms. The highest BCUT2D eigenvalue weighted by molar-refractivity contribution is 7.92. The number of likely N-dealkylation sites (tertiary alicyclic amines) is 1. The monoisotopic (exact) mass is 515 g/mol. The lowest BCUT2D eigenvalue weighted by Gasteiger charge is -2.32. The summed E-state index contributed by atoms with van der Waals surface area (Å²) < 4.78 is 47.4. The van der Waals surface area contributed by atoms with Crippen molar-refractivity contribution in [3.63, 3.8) is 0 Å². The van der Waals surface area contributed by atoms with Crippen LogP contribution in [0.4, 0.5) is 10.2 Å². The van der Waals surface area contributed by atoms with Gasteiger partial charge in [-0.3, -0.25) is 9.62 Å². The highest BCUT2D eigenvalue weighted by atomic mass is 35.5. The number of aromatic nitrogens is 1. The molecule has 0 radical (unpaired) electrons. The molecule has 2 heterocycles. The van der Waals surface area contributed by atoms with Crippen molar-refractivity contribution in [1.29, 1.82) is 0 Å². The van der Waals surface area contributed by atoms with Crippen LogP contribution in [0.3, 0.4) is 0 Å². The second-order valence-electron chi connectivity index (χ2n) is 7.40. The topological polar surface area (TPSA) is 71.5 Å². The third-order valence-electron chi connectivity index (χ3n) is 5.11. The first-order valence-corrected chi connectivity index (χ1v) is 13.0. The van der Waals surface area contributed by atoms with Gasteiger partial charge < -0.3 is 4.74 Å². The van der Waals surface area contributed by atoms with Crippen molar-refractivity contribution in [2.24, 2.45) is 0 Å². The lowest BCUT2D eigenvalue weighted by Crippen LogP contribution is -2.38. The quantitative estimate of drug-likeness (QED) is 0.453. The van der Waals surface area contributed by atoms with Crippen molar-refractivity contribution < 1.29 is 17.5 Å². The maximum atomic E-state index is 14.0. The summed E-state index contributed by atoms with van der Waals surface area (Å²) in [7, 11) is -3.79. The smallest absolute Gasteiger partial charge is 0.263 e. The molecule has 1 N–H and O–H groups in total. The Morgan fingerprint density at radius 1 is 1.19 bits per heavy atom. The van der Waals surface area contributed by atoms with E-state index in [0.717, 1.165) is 25.9 Å². The minimum Gasteiger partial charge on any atom is -0.489 e. The van der Waals surface area contributed by atoms with Gasteiger partial charge in [0.2, 0.25) is 0 Å². The van der Waals surface area contributed by atoms with Crippen molar-refractivity contribution in [3.8, 4) is 5.75 Å². The van der Waals surface area contributed by atoms with Crippen molar-refractivity contribution in [2.75, 3.05) is 17.8 Å². The van der Waals surface area contributed by atoms with Gasteiger partial charge in [0.1, 0.15) is 17.7 Å². The lowest BCUT2D eigenvalue weighted by molar-refractivity contribution is 0.0962. The first kappa shape index (κ1) is 23.3. The summed E-state index contributed by atoms with van der Waals surface area (Å²) in [4.78, 5) is 6.10. The molecule has 1 aliphatic rings. The number of piperidine rings is 1. The van der Waals surface area contributed by atoms with Crippen LogP contribution in [0.5, 0.6) is 5.75 Å². The Kier molecular flexibility index (Phi) is 7.21. The summed E-state index contributed by atoms with van der Waals surface area (Å²) in [5.41, 5.74) is 2.11. The number of anilines is 1. The number of benzene rings is 2. The molecule has 0 amide bonds. The van der Waals surface area contributed by atoms with E-state index in [0.29, 0.717) is 22.9 Å². The second-order valence-corrected chi connectivity index (χ2v) is 10.6. The Morgan fingerprint density at radius 2 is 1.97 bits per heavy atom. The van der Waals surface area contributed by atoms with Crippen LogP contribution in [0.25, 0.3) is 0 Å². The minimum absolute atomic E-state index is 0.0289. The lowest BCUT2D eigenvalue weighted by atomic mass is 10.1. The molecule has 0 atom stereocenters. The number of thiazole rings is 1. The molecule has 1 aliphatic heterocycles. The number of rotatable bonds is 7. The summed E-state index contributed by atoms with van der Waals surface area (Å²) >= 11 is 13.6. The number of ether oxygens (including phenoxy) is 1. The first-order valence-electron chi connectivity index (χ1n) is 9.84. The highest BCUT2D eigenvalue weighted by Gasteiger charge is 2.23. The van der Waals surface area contributed by atoms with Gasteiger partial charge in [-0.15, -0.1) is 11.3 Å². The van der Waals surface area contributed by atoms with Crippen LogP contribution in [0.15, 0.2) is 52.2 Å². The normalized spacial score (nSPS) is 15.6. The predicted molar refractivity (Wildman–Crippen MR) is 125 cm³/mol. The third-order valence-corrected chi connectivity index (χ3v) is 7.58. The molecule has 6 nitrogen and oxygen atoms in total. The fourth-order valence-corrected chi connectivity index (χ4v) is 5.54. The Balaban J connectivity index is 1.34. The fourth-order valence-electron chi connectivity index (χ4n) is 3.47. The summed E-state index contributed by atoms with van der Waals surface area (Å²) in [5.74, 6) is 0.424. The number of hydrogen-bond acceptors (Lipinski definition) is 6. The Labute approximate surface area is 200 Å². The molecule has 170 valence electrons. The van der Waals surface area contributed by atoms with Gasteiger partial charge in [-0.05, 0) is 49.2 Å². The highest BCUT2D eigenvalue weighted by Crippen LogP contribution is 2.31. The van der Waals surface area contributed by atoms with Gasteiger partial charge in [0.15, 0.2) is 5.82 Å². The summed E-state index contributed by atoms with van der Waals surface area (Å²) in [5, 5.41) is 2.33. The van der Waals surface area contributed by atoms with Crippen molar-refractivity contribution in [3.05, 3.63) is 68.7 Å². The van der Waals surface area contributed by atoms with E-state index in [1.165, 1.54) is 35.6 Å². The summed E-state index contributed by atoms with van der Waals surface area (Å²) in [6, 6.07) is 8.95. The zero-order valence-electron chi connectivity index (χ0n) is 16.8. The molecule has 1 aromatic heterocycles. The van der Waals surface area contributed by atoms with Crippen molar-refractivity contribution in [2.45, 2.75) is 30.4 Å². The number of hydrogen-bond donors (Lipinski definition) is 1. The standard InChI is InChI=1S/C21H20Cl2FN3O3S2/c22-15-1-3-19(24)14(9-15)11-27-7-5-16(6-8-27)30-20-4-2-17(10-18(20)23)32(28,29)26-21-12-31-13-25-21/h1-4,9-10,12-13,16,26H,5-8,11H2. The SMILES string of the molecule is O=S(=O)(Nc1cscn1)c1ccc(OC2CCN(Cc3cc(Cl)ccc3F)CC2)c(Cl)c1. The number of halogens is 3. The minimum atomic E-state index is -3.79. The Hall–Kier alpha value is -1.91. The number of sulfonamides is 1. The molecule has 0 aliphatic carbocycles. The molecule has 2 aromatic carbocycles. The van der Waals surface area contributed by atoms with Crippen LogP contribution in [0.2, 0.25) is 10.0 Å². The van der Waals surface area contributed by atoms with Crippen molar-refractivity contribution >= 4 is 50.4 Å². The molecule has 1 fully saturated rings. The molecule has 0 spiro atoms. The fraction of sp³-hybridized carbons (Fsp3) is 0.286. The largest absolute Gasteiger partial charge is 0.489 e. The van der Waals surface area contributed by atoms with E-state index >= 15 is 0 Å². The van der Waals surface area contributed by atoms with Gasteiger partial charge in [-0.1, -0.05) is 23.2 Å². The Morgan fingerprint density at radius 3 is 2.66 bits per heavy atom. The average molecular weight is 516 g/mol. The molecular weight excluding hydrogens is 496 g/mol. The molecule has 0 unspecified atom stereocenters. The van der Waals surface area contributed by atoms with Gasteiger partial charge in [0.25, 0.3) is 10.0 Å². The first-order chi connectivity index (χ1) is 15.3. The molecule has 11 heteroatoms. The van der Waals surface area contributed by atoms with Crippen LogP contribution >= 0.6 is 34.5 Å². The van der Waals surface area contributed by atoms with Gasteiger partial charge in [-0.25, -0.2) is 17.8 Å². The van der Waals surface area contributed by atoms with Crippen LogP contribution in [-0.4, -0.2) is 37.5 Å². The van der Waals surface area contributed by atoms with Crippen LogP contribution in [-0.2, 0) is 16.6 Å². The van der Waals surface area contributed by atoms with E-state index in [2.05, 4.69) is 14.6 Å². The van der Waals surface area contributed by atoms with E-state index in [9.17, 15) is 12.8 Å². The Bertz CT molecular complexity index is 1190. The van der Waals surface area contributed by atoms with Crippen LogP contribution in [0.1, 0.15) is 18.4 Å². The summed E-state index contributed by atoms with van der Waals surface area (Å²) in [6.07, 6.45) is 1.41. The molecular formula is C21H20Cl2FN3O3S2. The van der Waals surface area contributed by atoms with Crippen LogP contribution in [0, 0.1) is 5.82 Å². The maximum Gasteiger partial charge on any atom is 0.263 e. The van der Waals surface area contributed by atoms with Gasteiger partial charge in [0, 0.05) is 35.6 Å². The van der Waals surface area contributed by atoms with Gasteiger partial charge in [0.05, 0.1) is 15.4 Å². The predicted octanol–water partition coefficient (Wildman–Crippen LogP) is 5.43. The molecule has 32 heavy (non-hydrogen) atoms. The zero-order chi connectivity index (χ0) is 22.7. The second kappa shape index (κ2) is 9.93. The number of nitrogens with zero attached hydrogens (tertiary/aromatic N) is 2. The van der Waals surface area contributed by atoms with E-state index in [4.69, 9.17) is 27.9 Å². The van der Waals surface area contributed by atoms with E-state index < -0.39 is 10.0 Å². The average Bonchev–Trinajstić information content (AvgIpc) is 3.26. The number of nitrogens with one attached hydrogen (secondary N) is 1. The van der Waals surface area contributed by atoms with E-state index in [-0.39, 0.29) is 27.7 Å². The van der Waals surface area contributed by atoms with Crippen LogP contribution < -0.4 is 9.46 Å². The van der Waals surface area contributed by atoms with Crippen molar-refractivity contribution in [1.82, 2.24) is 9.88 Å². The molecule has 1 saturated heterocycles. The maximum absolute atomic E-state index is 14.0. The third kappa shape index (κ3) is 5.71. The van der Waals surface area contributed by atoms with E-state index in [1.807, 2.05) is 0 Å². The summed E-state index contributed by atoms with van der Waals surface area (Å²) in [6.45, 7) is 1.95. The van der Waals surface area contributed by atoms with Gasteiger partial charge >= 0.3 is 0 Å². The zero-order valence-corrected chi connectivity index (χ0v) is 19.9. The van der Waals surface area contributed by atoms with Gasteiger partial charge in [-0.2, -0.15) is 0 Å². The molecule has 3 aromatic rings. The molecule has 4 rings (SSSR count). The van der Waals surface area contributed by atoms with E-state index in [1.54, 1.807) is 23.0 Å².